The first kappa shape index (κ1) is 30.3. The van der Waals surface area contributed by atoms with E-state index in [0.29, 0.717) is 24.2 Å². The maximum atomic E-state index is 12.6. The van der Waals surface area contributed by atoms with Crippen LogP contribution in [0, 0.1) is 5.41 Å². The van der Waals surface area contributed by atoms with Crippen molar-refractivity contribution in [2.24, 2.45) is 5.41 Å². The molecule has 9 heteroatoms. The minimum atomic E-state index is 0.0353. The van der Waals surface area contributed by atoms with Crippen molar-refractivity contribution in [2.75, 3.05) is 45.0 Å². The van der Waals surface area contributed by atoms with Gasteiger partial charge in [-0.15, -0.1) is 0 Å². The highest BCUT2D eigenvalue weighted by molar-refractivity contribution is 5.91. The summed E-state index contributed by atoms with van der Waals surface area (Å²) in [6, 6.07) is 21.3. The fourth-order valence-corrected chi connectivity index (χ4v) is 6.82. The first-order chi connectivity index (χ1) is 22.2. The Morgan fingerprint density at radius 2 is 1.72 bits per heavy atom. The van der Waals surface area contributed by atoms with Crippen LogP contribution in [0.2, 0.25) is 0 Å². The van der Waals surface area contributed by atoms with Crippen LogP contribution in [0.1, 0.15) is 51.8 Å². The van der Waals surface area contributed by atoms with E-state index in [-0.39, 0.29) is 11.3 Å². The molecular weight excluding hydrogens is 572 g/mol. The number of amides is 1. The third-order valence-corrected chi connectivity index (χ3v) is 9.42. The van der Waals surface area contributed by atoms with Crippen LogP contribution in [-0.2, 0) is 4.79 Å². The van der Waals surface area contributed by atoms with Gasteiger partial charge in [-0.1, -0.05) is 69.3 Å². The van der Waals surface area contributed by atoms with Crippen molar-refractivity contribution < 1.29 is 4.79 Å². The minimum Gasteiger partial charge on any atom is -0.382 e. The van der Waals surface area contributed by atoms with Gasteiger partial charge in [0.2, 0.25) is 5.91 Å². The molecule has 0 atom stereocenters. The Bertz CT molecular complexity index is 1850. The molecule has 2 aliphatic rings. The molecule has 238 valence electrons. The van der Waals surface area contributed by atoms with Crippen molar-refractivity contribution in [3.05, 3.63) is 78.9 Å². The number of hydrogen-bond acceptors (Lipinski definition) is 7. The fourth-order valence-electron chi connectivity index (χ4n) is 6.82. The van der Waals surface area contributed by atoms with Gasteiger partial charge in [0.25, 0.3) is 0 Å². The molecule has 9 nitrogen and oxygen atoms in total. The van der Waals surface area contributed by atoms with Crippen LogP contribution in [0.4, 0.5) is 5.82 Å². The number of nitrogens with one attached hydrogen (secondary N) is 1. The molecular formula is C37H44N8O. The Hall–Kier alpha value is -4.34. The number of rotatable bonds is 8. The van der Waals surface area contributed by atoms with E-state index >= 15 is 0 Å². The average Bonchev–Trinajstić information content (AvgIpc) is 3.42. The van der Waals surface area contributed by atoms with Crippen molar-refractivity contribution in [2.45, 2.75) is 52.0 Å². The lowest BCUT2D eigenvalue weighted by molar-refractivity contribution is -0.134. The van der Waals surface area contributed by atoms with Crippen LogP contribution in [0.5, 0.6) is 0 Å². The van der Waals surface area contributed by atoms with Gasteiger partial charge in [-0.25, -0.2) is 15.0 Å². The Labute approximate surface area is 270 Å². The number of carbonyl (C=O) groups is 1. The summed E-state index contributed by atoms with van der Waals surface area (Å²) in [7, 11) is 0. The molecule has 3 aromatic heterocycles. The third kappa shape index (κ3) is 6.34. The molecule has 0 radical (unpaired) electrons. The number of imidazole rings is 1. The molecule has 1 aliphatic carbocycles. The second-order valence-corrected chi connectivity index (χ2v) is 14.1. The van der Waals surface area contributed by atoms with Gasteiger partial charge in [-0.2, -0.15) is 0 Å². The molecule has 1 amide bonds. The largest absolute Gasteiger partial charge is 0.382 e. The molecule has 46 heavy (non-hydrogen) atoms. The van der Waals surface area contributed by atoms with Gasteiger partial charge in [-0.05, 0) is 30.4 Å². The molecule has 0 spiro atoms. The van der Waals surface area contributed by atoms with E-state index in [4.69, 9.17) is 15.7 Å². The normalized spacial score (nSPS) is 19.1. The Morgan fingerprint density at radius 3 is 2.48 bits per heavy atom. The number of carbonyl (C=O) groups excluding carboxylic acids is 1. The van der Waals surface area contributed by atoms with Gasteiger partial charge in [0.15, 0.2) is 0 Å². The molecule has 3 N–H and O–H groups in total. The van der Waals surface area contributed by atoms with E-state index in [1.807, 2.05) is 29.3 Å². The summed E-state index contributed by atoms with van der Waals surface area (Å²) in [5, 5.41) is 4.85. The van der Waals surface area contributed by atoms with E-state index in [1.165, 1.54) is 0 Å². The summed E-state index contributed by atoms with van der Waals surface area (Å²) in [5.74, 6) is 2.16. The summed E-state index contributed by atoms with van der Waals surface area (Å²) in [6.07, 6.45) is 6.43. The zero-order chi connectivity index (χ0) is 31.8. The number of nitrogens with zero attached hydrogens (tertiary/aromatic N) is 6. The number of nitrogens with two attached hydrogens (primary N) is 1. The second-order valence-electron chi connectivity index (χ2n) is 14.1. The number of fused-ring (bicyclic) bond motifs is 2. The van der Waals surface area contributed by atoms with Gasteiger partial charge in [0.05, 0.1) is 11.2 Å². The van der Waals surface area contributed by atoms with E-state index < -0.39 is 0 Å². The second kappa shape index (κ2) is 12.5. The van der Waals surface area contributed by atoms with Crippen LogP contribution in [-0.4, -0.2) is 80.4 Å². The fraction of sp³-hybridized carbons (Fsp3) is 0.405. The molecule has 2 fully saturated rings. The predicted octanol–water partition coefficient (Wildman–Crippen LogP) is 5.61. The van der Waals surface area contributed by atoms with Crippen molar-refractivity contribution in [3.63, 3.8) is 0 Å². The Kier molecular flexibility index (Phi) is 8.21. The van der Waals surface area contributed by atoms with E-state index in [9.17, 15) is 4.79 Å². The number of nitrogen functional groups attached to an aromatic ring is 1. The van der Waals surface area contributed by atoms with Gasteiger partial charge < -0.3 is 16.0 Å². The van der Waals surface area contributed by atoms with Crippen LogP contribution in [0.25, 0.3) is 38.9 Å². The lowest BCUT2D eigenvalue weighted by Crippen LogP contribution is -2.51. The lowest BCUT2D eigenvalue weighted by Gasteiger charge is -2.38. The quantitative estimate of drug-likeness (QED) is 0.234. The predicted molar refractivity (Wildman–Crippen MR) is 184 cm³/mol. The molecule has 0 unspecified atom stereocenters. The topological polar surface area (TPSA) is 105 Å². The number of benzene rings is 2. The number of aromatic nitrogens is 4. The Morgan fingerprint density at radius 1 is 0.957 bits per heavy atom. The van der Waals surface area contributed by atoms with Gasteiger partial charge in [-0.3, -0.25) is 14.1 Å². The average molecular weight is 617 g/mol. The van der Waals surface area contributed by atoms with Crippen molar-refractivity contribution in [1.82, 2.24) is 34.5 Å². The van der Waals surface area contributed by atoms with Crippen LogP contribution in [0.15, 0.2) is 73.1 Å². The van der Waals surface area contributed by atoms with E-state index in [1.54, 1.807) is 6.20 Å². The first-order valence-corrected chi connectivity index (χ1v) is 16.5. The number of pyridine rings is 1. The molecule has 0 bridgehead atoms. The maximum absolute atomic E-state index is 12.6. The summed E-state index contributed by atoms with van der Waals surface area (Å²) < 4.78 is 2.14. The summed E-state index contributed by atoms with van der Waals surface area (Å²) >= 11 is 0. The monoisotopic (exact) mass is 616 g/mol. The zero-order valence-electron chi connectivity index (χ0n) is 27.1. The summed E-state index contributed by atoms with van der Waals surface area (Å²) in [5.41, 5.74) is 12.2. The SMILES string of the molecule is CC(C)(C)CC(=O)N1CCN(CCN[C@H]2C[C@@H](c3nc(-c4ccc5ccc(-c6ccccc6)nc5c4)c4c(N)nccn43)C2)CC1. The Balaban J connectivity index is 0.999. The zero-order valence-corrected chi connectivity index (χ0v) is 27.1. The highest BCUT2D eigenvalue weighted by atomic mass is 16.2. The highest BCUT2D eigenvalue weighted by Gasteiger charge is 2.34. The van der Waals surface area contributed by atoms with Crippen LogP contribution >= 0.6 is 0 Å². The maximum Gasteiger partial charge on any atom is 0.223 e. The molecule has 2 aromatic carbocycles. The third-order valence-electron chi connectivity index (χ3n) is 9.42. The smallest absolute Gasteiger partial charge is 0.223 e. The van der Waals surface area contributed by atoms with Crippen molar-refractivity contribution >= 4 is 28.1 Å². The number of hydrogen-bond donors (Lipinski definition) is 2. The van der Waals surface area contributed by atoms with Gasteiger partial charge in [0.1, 0.15) is 22.9 Å². The number of piperazine rings is 1. The molecule has 5 aromatic rings. The lowest BCUT2D eigenvalue weighted by atomic mass is 9.79. The molecule has 1 saturated heterocycles. The van der Waals surface area contributed by atoms with E-state index in [2.05, 4.69) is 82.8 Å². The minimum absolute atomic E-state index is 0.0353. The van der Waals surface area contributed by atoms with Crippen molar-refractivity contribution in [1.29, 1.82) is 0 Å². The van der Waals surface area contributed by atoms with Crippen LogP contribution in [0.3, 0.4) is 0 Å². The first-order valence-electron chi connectivity index (χ1n) is 16.5. The number of anilines is 1. The van der Waals surface area contributed by atoms with E-state index in [0.717, 1.165) is 96.9 Å². The molecule has 1 aliphatic heterocycles. The van der Waals surface area contributed by atoms with Gasteiger partial charge in [0, 0.05) is 86.6 Å². The molecule has 7 rings (SSSR count). The van der Waals surface area contributed by atoms with Gasteiger partial charge >= 0.3 is 0 Å². The standard InChI is InChI=1S/C37H44N8O/c1-37(2,3)24-32(46)44-19-17-43(18-20-44)15-13-39-29-21-28(22-29)36-42-33(34-35(38)40-14-16-45(34)36)27-10-9-26-11-12-30(41-31(26)23-27)25-7-5-4-6-8-25/h4-12,14,16,23,28-29,39H,13,15,17-22,24H2,1-3H3,(H2,38,40)/t28-,29+. The molecule has 1 saturated carbocycles. The summed E-state index contributed by atoms with van der Waals surface area (Å²) in [6.45, 7) is 11.9. The van der Waals surface area contributed by atoms with Crippen LogP contribution < -0.4 is 11.1 Å². The summed E-state index contributed by atoms with van der Waals surface area (Å²) in [4.78, 5) is 31.7. The highest BCUT2D eigenvalue weighted by Crippen LogP contribution is 2.40. The van der Waals surface area contributed by atoms with Crippen molar-refractivity contribution in [3.8, 4) is 22.5 Å². The molecule has 4 heterocycles.